The highest BCUT2D eigenvalue weighted by atomic mass is 79.9. The Bertz CT molecular complexity index is 520. The van der Waals surface area contributed by atoms with Gasteiger partial charge < -0.3 is 9.72 Å². The van der Waals surface area contributed by atoms with Crippen molar-refractivity contribution in [3.05, 3.63) is 26.3 Å². The van der Waals surface area contributed by atoms with Crippen molar-refractivity contribution in [2.75, 3.05) is 6.61 Å². The lowest BCUT2D eigenvalue weighted by molar-refractivity contribution is -0.168. The van der Waals surface area contributed by atoms with Crippen LogP contribution in [0.5, 0.6) is 0 Å². The zero-order valence-corrected chi connectivity index (χ0v) is 12.3. The fourth-order valence-corrected chi connectivity index (χ4v) is 1.97. The zero-order chi connectivity index (χ0) is 15.5. The van der Waals surface area contributed by atoms with Crippen molar-refractivity contribution in [3.8, 4) is 0 Å². The van der Waals surface area contributed by atoms with Gasteiger partial charge in [-0.2, -0.15) is 8.78 Å². The first-order valence-electron chi connectivity index (χ1n) is 5.67. The number of nitrogens with one attached hydrogen (secondary N) is 1. The van der Waals surface area contributed by atoms with E-state index >= 15 is 0 Å². The van der Waals surface area contributed by atoms with Crippen molar-refractivity contribution in [1.29, 1.82) is 0 Å². The Kier molecular flexibility index (Phi) is 5.69. The lowest BCUT2D eigenvalue weighted by atomic mass is 10.1. The van der Waals surface area contributed by atoms with Crippen molar-refractivity contribution >= 4 is 15.9 Å². The Morgan fingerprint density at radius 3 is 2.50 bits per heavy atom. The quantitative estimate of drug-likeness (QED) is 0.793. The summed E-state index contributed by atoms with van der Waals surface area (Å²) >= 11 is 3.07. The van der Waals surface area contributed by atoms with Crippen LogP contribution in [0.25, 0.3) is 0 Å². The summed E-state index contributed by atoms with van der Waals surface area (Å²) in [6.45, 7) is 1.66. The van der Waals surface area contributed by atoms with Gasteiger partial charge in [0.25, 0.3) is 5.56 Å². The summed E-state index contributed by atoms with van der Waals surface area (Å²) in [5.41, 5.74) is -0.0455. The van der Waals surface area contributed by atoms with E-state index in [0.717, 1.165) is 0 Å². The van der Waals surface area contributed by atoms with Crippen molar-refractivity contribution in [3.63, 3.8) is 0 Å². The smallest absolute Gasteiger partial charge is 0.330 e. The van der Waals surface area contributed by atoms with Gasteiger partial charge in [-0.05, 0) is 21.8 Å². The van der Waals surface area contributed by atoms with Crippen LogP contribution in [0.15, 0.2) is 9.27 Å². The Hall–Kier alpha value is -0.960. The average molecular weight is 361 g/mol. The lowest BCUT2D eigenvalue weighted by Crippen LogP contribution is -2.32. The molecule has 0 radical (unpaired) electrons. The minimum Gasteiger partial charge on any atom is -0.367 e. The van der Waals surface area contributed by atoms with Crippen LogP contribution >= 0.6 is 15.9 Å². The molecule has 0 amide bonds. The predicted octanol–water partition coefficient (Wildman–Crippen LogP) is 3.07. The maximum absolute atomic E-state index is 12.6. The third kappa shape index (κ3) is 4.27. The van der Waals surface area contributed by atoms with Crippen molar-refractivity contribution in [2.45, 2.75) is 38.7 Å². The highest BCUT2D eigenvalue weighted by Gasteiger charge is 2.41. The number of hydrogen-bond acceptors (Lipinski definition) is 3. The van der Waals surface area contributed by atoms with Crippen LogP contribution in [0, 0.1) is 0 Å². The Labute approximate surface area is 120 Å². The second kappa shape index (κ2) is 6.66. The monoisotopic (exact) mass is 360 g/mol. The van der Waals surface area contributed by atoms with E-state index in [9.17, 15) is 22.4 Å². The van der Waals surface area contributed by atoms with Crippen LogP contribution in [0.4, 0.5) is 17.6 Å². The highest BCUT2D eigenvalue weighted by molar-refractivity contribution is 9.10. The summed E-state index contributed by atoms with van der Waals surface area (Å²) in [7, 11) is 0. The molecule has 1 aromatic heterocycles. The molecule has 1 N–H and O–H groups in total. The summed E-state index contributed by atoms with van der Waals surface area (Å²) in [4.78, 5) is 17.9. The number of nitrogens with zero attached hydrogens (tertiary/aromatic N) is 1. The fraction of sp³-hybridized carbons (Fsp3) is 0.636. The normalized spacial score (nSPS) is 12.4. The predicted molar refractivity (Wildman–Crippen MR) is 67.3 cm³/mol. The molecule has 1 rings (SSSR count). The number of ether oxygens (including phenoxy) is 1. The number of aromatic amines is 1. The van der Waals surface area contributed by atoms with Crippen molar-refractivity contribution < 1.29 is 22.3 Å². The first-order chi connectivity index (χ1) is 9.15. The molecule has 20 heavy (non-hydrogen) atoms. The molecule has 1 aromatic rings. The van der Waals surface area contributed by atoms with Gasteiger partial charge in [0.1, 0.15) is 23.5 Å². The summed E-state index contributed by atoms with van der Waals surface area (Å²) in [5.74, 6) is -4.30. The fourth-order valence-electron chi connectivity index (χ4n) is 1.32. The van der Waals surface area contributed by atoms with E-state index in [1.165, 1.54) is 0 Å². The standard InChI is InChI=1S/C11H13BrF4N2O2/c1-5(2)8-7(12)9(19)18-6(17-8)3-20-4-11(15,16)10(13)14/h5,10H,3-4H2,1-2H3,(H,17,18,19). The molecular weight excluding hydrogens is 348 g/mol. The largest absolute Gasteiger partial charge is 0.367 e. The molecule has 0 aliphatic carbocycles. The Morgan fingerprint density at radius 2 is 2.00 bits per heavy atom. The molecule has 0 atom stereocenters. The van der Waals surface area contributed by atoms with Crippen LogP contribution in [0.3, 0.4) is 0 Å². The molecule has 0 spiro atoms. The number of H-pyrrole nitrogens is 1. The molecule has 0 aromatic carbocycles. The van der Waals surface area contributed by atoms with E-state index < -0.39 is 31.1 Å². The van der Waals surface area contributed by atoms with Crippen LogP contribution in [-0.4, -0.2) is 28.9 Å². The maximum Gasteiger partial charge on any atom is 0.330 e. The molecule has 0 saturated carbocycles. The summed E-state index contributed by atoms with van der Waals surface area (Å²) in [6.07, 6.45) is -3.80. The SMILES string of the molecule is CC(C)c1nc(COCC(F)(F)C(F)F)[nH]c(=O)c1Br. The number of alkyl halides is 4. The molecule has 0 unspecified atom stereocenters. The zero-order valence-electron chi connectivity index (χ0n) is 10.7. The molecule has 0 saturated heterocycles. The lowest BCUT2D eigenvalue weighted by Gasteiger charge is -2.15. The van der Waals surface area contributed by atoms with Gasteiger partial charge in [0.15, 0.2) is 0 Å². The molecule has 0 aliphatic heterocycles. The minimum atomic E-state index is -4.23. The van der Waals surface area contributed by atoms with Gasteiger partial charge in [-0.25, -0.2) is 13.8 Å². The van der Waals surface area contributed by atoms with E-state index in [1.807, 2.05) is 0 Å². The Balaban J connectivity index is 2.77. The second-order valence-electron chi connectivity index (χ2n) is 4.42. The second-order valence-corrected chi connectivity index (χ2v) is 5.21. The first-order valence-corrected chi connectivity index (χ1v) is 6.46. The van der Waals surface area contributed by atoms with E-state index in [-0.39, 0.29) is 16.2 Å². The van der Waals surface area contributed by atoms with E-state index in [0.29, 0.717) is 5.69 Å². The number of halogens is 5. The van der Waals surface area contributed by atoms with E-state index in [4.69, 9.17) is 0 Å². The van der Waals surface area contributed by atoms with Gasteiger partial charge in [0.05, 0.1) is 5.69 Å². The molecule has 9 heteroatoms. The topological polar surface area (TPSA) is 55.0 Å². The molecule has 0 aliphatic rings. The molecule has 0 bridgehead atoms. The summed E-state index contributed by atoms with van der Waals surface area (Å²) in [6, 6.07) is 0. The number of rotatable bonds is 6. The van der Waals surface area contributed by atoms with Gasteiger partial charge in [-0.3, -0.25) is 4.79 Å². The summed E-state index contributed by atoms with van der Waals surface area (Å²) in [5, 5.41) is 0. The van der Waals surface area contributed by atoms with Crippen molar-refractivity contribution in [1.82, 2.24) is 9.97 Å². The Morgan fingerprint density at radius 1 is 1.40 bits per heavy atom. The highest BCUT2D eigenvalue weighted by Crippen LogP contribution is 2.23. The van der Waals surface area contributed by atoms with Gasteiger partial charge in [0.2, 0.25) is 0 Å². The van der Waals surface area contributed by atoms with Gasteiger partial charge in [-0.15, -0.1) is 0 Å². The van der Waals surface area contributed by atoms with Crippen molar-refractivity contribution in [2.24, 2.45) is 0 Å². The van der Waals surface area contributed by atoms with Gasteiger partial charge >= 0.3 is 12.3 Å². The van der Waals surface area contributed by atoms with Gasteiger partial charge in [0, 0.05) is 0 Å². The maximum atomic E-state index is 12.6. The van der Waals surface area contributed by atoms with Crippen LogP contribution in [-0.2, 0) is 11.3 Å². The molecular formula is C11H13BrF4N2O2. The third-order valence-corrected chi connectivity index (χ3v) is 3.10. The van der Waals surface area contributed by atoms with E-state index in [1.54, 1.807) is 13.8 Å². The van der Waals surface area contributed by atoms with Crippen LogP contribution in [0.2, 0.25) is 0 Å². The number of aromatic nitrogens is 2. The first kappa shape index (κ1) is 17.1. The summed E-state index contributed by atoms with van der Waals surface area (Å²) < 4.78 is 53.8. The molecule has 114 valence electrons. The minimum absolute atomic E-state index is 0.00645. The van der Waals surface area contributed by atoms with Crippen LogP contribution in [0.1, 0.15) is 31.3 Å². The van der Waals surface area contributed by atoms with Gasteiger partial charge in [-0.1, -0.05) is 13.8 Å². The number of hydrogen-bond donors (Lipinski definition) is 1. The molecule has 4 nitrogen and oxygen atoms in total. The molecule has 0 fully saturated rings. The average Bonchev–Trinajstić information content (AvgIpc) is 2.32. The van der Waals surface area contributed by atoms with E-state index in [2.05, 4.69) is 30.6 Å². The van der Waals surface area contributed by atoms with Crippen LogP contribution < -0.4 is 5.56 Å². The third-order valence-electron chi connectivity index (χ3n) is 2.34. The molecule has 1 heterocycles.